The van der Waals surface area contributed by atoms with Crippen molar-refractivity contribution in [1.29, 1.82) is 0 Å². The first-order valence-corrected chi connectivity index (χ1v) is 12.7. The molecule has 12 nitrogen and oxygen atoms in total. The summed E-state index contributed by atoms with van der Waals surface area (Å²) in [6.07, 6.45) is 1.35. The number of sulfonamides is 1. The molecule has 0 radical (unpaired) electrons. The van der Waals surface area contributed by atoms with Crippen LogP contribution in [-0.4, -0.2) is 84.0 Å². The van der Waals surface area contributed by atoms with Crippen LogP contribution in [0.2, 0.25) is 0 Å². The number of piperazine rings is 1. The van der Waals surface area contributed by atoms with Crippen LogP contribution >= 0.6 is 0 Å². The van der Waals surface area contributed by atoms with E-state index in [2.05, 4.69) is 27.1 Å². The SMILES string of the molecule is CCN1CCN(c2ccc(S(=O)(=O)N(CC)CC)cc2NC(=O)Cn2ccc([N+](=O)[O-])n2)CC1. The molecular weight excluding hydrogens is 462 g/mol. The van der Waals surface area contributed by atoms with Crippen LogP contribution in [0.1, 0.15) is 20.8 Å². The van der Waals surface area contributed by atoms with E-state index >= 15 is 0 Å². The minimum atomic E-state index is -3.72. The molecule has 13 heteroatoms. The van der Waals surface area contributed by atoms with E-state index in [1.54, 1.807) is 26.0 Å². The predicted octanol–water partition coefficient (Wildman–Crippen LogP) is 1.60. The first-order chi connectivity index (χ1) is 16.2. The second kappa shape index (κ2) is 10.9. The van der Waals surface area contributed by atoms with Crippen molar-refractivity contribution in [3.05, 3.63) is 40.6 Å². The zero-order valence-electron chi connectivity index (χ0n) is 19.7. The van der Waals surface area contributed by atoms with Crippen LogP contribution in [0, 0.1) is 10.1 Å². The van der Waals surface area contributed by atoms with Crippen LogP contribution in [0.4, 0.5) is 17.2 Å². The molecule has 0 aliphatic carbocycles. The molecule has 1 N–H and O–H groups in total. The summed E-state index contributed by atoms with van der Waals surface area (Å²) >= 11 is 0. The van der Waals surface area contributed by atoms with Crippen molar-refractivity contribution < 1.29 is 18.1 Å². The summed E-state index contributed by atoms with van der Waals surface area (Å²) in [5.41, 5.74) is 1.11. The van der Waals surface area contributed by atoms with Gasteiger partial charge in [-0.15, -0.1) is 0 Å². The van der Waals surface area contributed by atoms with Crippen molar-refractivity contribution in [2.24, 2.45) is 0 Å². The number of likely N-dealkylation sites (N-methyl/N-ethyl adjacent to an activating group) is 1. The molecule has 0 saturated carbocycles. The number of nitrogens with one attached hydrogen (secondary N) is 1. The normalized spacial score (nSPS) is 15.0. The van der Waals surface area contributed by atoms with Gasteiger partial charge >= 0.3 is 5.82 Å². The Morgan fingerprint density at radius 1 is 1.15 bits per heavy atom. The van der Waals surface area contributed by atoms with Crippen LogP contribution in [0.25, 0.3) is 0 Å². The molecule has 1 aromatic heterocycles. The maximum absolute atomic E-state index is 13.1. The molecule has 3 rings (SSSR count). The summed E-state index contributed by atoms with van der Waals surface area (Å²) in [6, 6.07) is 6.00. The third-order valence-electron chi connectivity index (χ3n) is 5.86. The van der Waals surface area contributed by atoms with Crippen molar-refractivity contribution >= 4 is 33.1 Å². The number of benzene rings is 1. The van der Waals surface area contributed by atoms with E-state index in [9.17, 15) is 23.3 Å². The van der Waals surface area contributed by atoms with E-state index in [-0.39, 0.29) is 17.3 Å². The van der Waals surface area contributed by atoms with Gasteiger partial charge in [-0.05, 0) is 29.7 Å². The van der Waals surface area contributed by atoms with Gasteiger partial charge in [0.25, 0.3) is 0 Å². The number of hydrogen-bond donors (Lipinski definition) is 1. The molecule has 1 aliphatic heterocycles. The van der Waals surface area contributed by atoms with Crippen molar-refractivity contribution in [1.82, 2.24) is 19.0 Å². The fourth-order valence-electron chi connectivity index (χ4n) is 3.94. The summed E-state index contributed by atoms with van der Waals surface area (Å²) in [5.74, 6) is -0.821. The Morgan fingerprint density at radius 3 is 2.38 bits per heavy atom. The molecule has 186 valence electrons. The largest absolute Gasteiger partial charge is 0.389 e. The average Bonchev–Trinajstić information content (AvgIpc) is 3.28. The molecule has 2 aromatic rings. The van der Waals surface area contributed by atoms with Crippen molar-refractivity contribution in [2.45, 2.75) is 32.2 Å². The Hall–Kier alpha value is -3.03. The highest BCUT2D eigenvalue weighted by Crippen LogP contribution is 2.31. The molecule has 1 amide bonds. The van der Waals surface area contributed by atoms with Crippen LogP contribution in [0.15, 0.2) is 35.4 Å². The lowest BCUT2D eigenvalue weighted by atomic mass is 10.2. The quantitative estimate of drug-likeness (QED) is 0.390. The second-order valence-electron chi connectivity index (χ2n) is 7.87. The maximum atomic E-state index is 13.1. The highest BCUT2D eigenvalue weighted by atomic mass is 32.2. The van der Waals surface area contributed by atoms with Crippen molar-refractivity contribution in [3.63, 3.8) is 0 Å². The fourth-order valence-corrected chi connectivity index (χ4v) is 5.43. The number of amides is 1. The number of anilines is 2. The van der Waals surface area contributed by atoms with Crippen LogP contribution < -0.4 is 10.2 Å². The van der Waals surface area contributed by atoms with Gasteiger partial charge in [0.2, 0.25) is 15.9 Å². The van der Waals surface area contributed by atoms with E-state index < -0.39 is 20.9 Å². The highest BCUT2D eigenvalue weighted by Gasteiger charge is 2.25. The van der Waals surface area contributed by atoms with Gasteiger partial charge in [-0.1, -0.05) is 20.8 Å². The molecule has 0 spiro atoms. The summed E-state index contributed by atoms with van der Waals surface area (Å²) in [5, 5.41) is 17.4. The fraction of sp³-hybridized carbons (Fsp3) is 0.524. The topological polar surface area (TPSA) is 134 Å². The number of carbonyl (C=O) groups is 1. The van der Waals surface area contributed by atoms with Gasteiger partial charge in [-0.2, -0.15) is 8.99 Å². The van der Waals surface area contributed by atoms with E-state index in [1.807, 2.05) is 0 Å². The summed E-state index contributed by atoms with van der Waals surface area (Å²) in [7, 11) is -3.72. The monoisotopic (exact) mass is 493 g/mol. The summed E-state index contributed by atoms with van der Waals surface area (Å²) < 4.78 is 28.7. The van der Waals surface area contributed by atoms with E-state index in [0.29, 0.717) is 18.8 Å². The lowest BCUT2D eigenvalue weighted by Crippen LogP contribution is -2.46. The Kier molecular flexibility index (Phi) is 8.23. The number of carbonyl (C=O) groups excluding carboxylic acids is 1. The van der Waals surface area contributed by atoms with Gasteiger partial charge in [0.15, 0.2) is 0 Å². The lowest BCUT2D eigenvalue weighted by Gasteiger charge is -2.36. The van der Waals surface area contributed by atoms with Gasteiger partial charge in [-0.3, -0.25) is 4.79 Å². The molecular formula is C21H31N7O5S. The molecule has 0 atom stereocenters. The van der Waals surface area contributed by atoms with Crippen LogP contribution in [0.5, 0.6) is 0 Å². The Labute approximate surface area is 199 Å². The average molecular weight is 494 g/mol. The summed E-state index contributed by atoms with van der Waals surface area (Å²) in [4.78, 5) is 27.5. The van der Waals surface area contributed by atoms with Crippen molar-refractivity contribution in [3.8, 4) is 0 Å². The Morgan fingerprint density at radius 2 is 1.82 bits per heavy atom. The van der Waals surface area contributed by atoms with Gasteiger partial charge in [0.1, 0.15) is 6.54 Å². The number of nitrogens with zero attached hydrogens (tertiary/aromatic N) is 6. The first-order valence-electron chi connectivity index (χ1n) is 11.3. The minimum absolute atomic E-state index is 0.0946. The smallest absolute Gasteiger partial charge is 0.367 e. The third-order valence-corrected chi connectivity index (χ3v) is 7.91. The Balaban J connectivity index is 1.90. The molecule has 34 heavy (non-hydrogen) atoms. The molecule has 1 aliphatic rings. The highest BCUT2D eigenvalue weighted by molar-refractivity contribution is 7.89. The molecule has 0 bridgehead atoms. The maximum Gasteiger partial charge on any atom is 0.389 e. The van der Waals surface area contributed by atoms with Crippen molar-refractivity contribution in [2.75, 3.05) is 56.0 Å². The molecule has 1 fully saturated rings. The molecule has 2 heterocycles. The number of rotatable bonds is 10. The number of hydrogen-bond acceptors (Lipinski definition) is 8. The van der Waals surface area contributed by atoms with E-state index in [1.165, 1.54) is 27.3 Å². The van der Waals surface area contributed by atoms with Gasteiger partial charge < -0.3 is 25.2 Å². The van der Waals surface area contributed by atoms with E-state index in [0.717, 1.165) is 38.4 Å². The minimum Gasteiger partial charge on any atom is -0.367 e. The van der Waals surface area contributed by atoms with Gasteiger partial charge in [-0.25, -0.2) is 8.42 Å². The standard InChI is InChI=1S/C21H31N7O5S/c1-4-24-11-13-25(14-12-24)19-8-7-17(34(32,33)27(5-2)6-3)15-18(19)22-21(29)16-26-10-9-20(23-26)28(30)31/h7-10,15H,4-6,11-14,16H2,1-3H3,(H,22,29). The first kappa shape index (κ1) is 25.6. The predicted molar refractivity (Wildman–Crippen MR) is 128 cm³/mol. The third kappa shape index (κ3) is 5.72. The summed E-state index contributed by atoms with van der Waals surface area (Å²) in [6.45, 7) is 10.2. The number of aromatic nitrogens is 2. The van der Waals surface area contributed by atoms with Gasteiger partial charge in [0.05, 0.1) is 33.6 Å². The second-order valence-corrected chi connectivity index (χ2v) is 9.80. The van der Waals surface area contributed by atoms with Gasteiger partial charge in [0, 0.05) is 39.3 Å². The van der Waals surface area contributed by atoms with E-state index in [4.69, 9.17) is 0 Å². The zero-order chi connectivity index (χ0) is 24.9. The number of nitro groups is 1. The zero-order valence-corrected chi connectivity index (χ0v) is 20.5. The van der Waals surface area contributed by atoms with Crippen LogP contribution in [-0.2, 0) is 21.4 Å². The lowest BCUT2D eigenvalue weighted by molar-refractivity contribution is -0.389. The molecule has 1 aromatic carbocycles. The molecule has 0 unspecified atom stereocenters. The van der Waals surface area contributed by atoms with Crippen LogP contribution in [0.3, 0.4) is 0 Å². The Bertz CT molecular complexity index is 1120. The molecule has 1 saturated heterocycles.